The molecule has 0 radical (unpaired) electrons. The van der Waals surface area contributed by atoms with Crippen LogP contribution < -0.4 is 4.74 Å². The molecule has 0 spiro atoms. The number of carbonyl (C=O) groups is 1. The van der Waals surface area contributed by atoms with Crippen LogP contribution in [0.2, 0.25) is 0 Å². The van der Waals surface area contributed by atoms with Gasteiger partial charge in [0, 0.05) is 18.4 Å². The van der Waals surface area contributed by atoms with E-state index in [-0.39, 0.29) is 11.9 Å². The fourth-order valence-electron chi connectivity index (χ4n) is 5.38. The van der Waals surface area contributed by atoms with E-state index in [0.717, 1.165) is 36.2 Å². The summed E-state index contributed by atoms with van der Waals surface area (Å²) in [5.74, 6) is 0.783. The van der Waals surface area contributed by atoms with Crippen LogP contribution in [0.25, 0.3) is 0 Å². The van der Waals surface area contributed by atoms with Gasteiger partial charge in [-0.2, -0.15) is 0 Å². The monoisotopic (exact) mass is 566 g/mol. The third-order valence-corrected chi connectivity index (χ3v) is 8.09. The summed E-state index contributed by atoms with van der Waals surface area (Å²) in [6, 6.07) is 18.9. The van der Waals surface area contributed by atoms with Crippen molar-refractivity contribution in [1.29, 1.82) is 0 Å². The Hall–Kier alpha value is -2.33. The number of unbranched alkanes of at least 4 members (excludes halogenated alkanes) is 11. The Balaban J connectivity index is 1.53. The maximum atomic E-state index is 12.5. The summed E-state index contributed by atoms with van der Waals surface area (Å²) in [7, 11) is 4.44. The van der Waals surface area contributed by atoms with E-state index in [0.29, 0.717) is 19.6 Å². The number of hydrogen-bond acceptors (Lipinski definition) is 3. The molecule has 0 saturated carbocycles. The van der Waals surface area contributed by atoms with Gasteiger partial charge < -0.3 is 14.0 Å². The molecular weight excluding hydrogens is 506 g/mol. The summed E-state index contributed by atoms with van der Waals surface area (Å²) in [4.78, 5) is 12.5. The lowest BCUT2D eigenvalue weighted by molar-refractivity contribution is -0.904. The lowest BCUT2D eigenvalue weighted by Gasteiger charge is -2.30. The first-order valence-electron chi connectivity index (χ1n) is 16.6. The predicted octanol–water partition coefficient (Wildman–Crippen LogP) is 9.55. The number of esters is 1. The molecule has 0 N–H and O–H groups in total. The van der Waals surface area contributed by atoms with Crippen molar-refractivity contribution >= 4 is 5.97 Å². The van der Waals surface area contributed by atoms with Crippen LogP contribution in [0.1, 0.15) is 115 Å². The predicted molar refractivity (Wildman–Crippen MR) is 173 cm³/mol. The molecule has 2 aromatic carbocycles. The Morgan fingerprint density at radius 2 is 1.32 bits per heavy atom. The summed E-state index contributed by atoms with van der Waals surface area (Å²) in [6.45, 7) is 7.13. The zero-order valence-corrected chi connectivity index (χ0v) is 26.9. The molecule has 0 aliphatic carbocycles. The third kappa shape index (κ3) is 16.6. The van der Waals surface area contributed by atoms with Crippen molar-refractivity contribution < 1.29 is 18.8 Å². The molecule has 2 rings (SSSR count). The topological polar surface area (TPSA) is 35.5 Å². The molecule has 0 bridgehead atoms. The van der Waals surface area contributed by atoms with Gasteiger partial charge in [0.2, 0.25) is 0 Å². The number of nitrogens with zero attached hydrogens (tertiary/aromatic N) is 1. The van der Waals surface area contributed by atoms with Crippen LogP contribution in [0.4, 0.5) is 0 Å². The SMILES string of the molecule is CCCCCCCCCCCCCCc1ccccc1OCCCOC(=O)C(C)CC[N+](C)(C)Cc1ccccc1. The fraction of sp³-hybridized carbons (Fsp3) is 0.649. The van der Waals surface area contributed by atoms with Gasteiger partial charge in [0.1, 0.15) is 12.3 Å². The highest BCUT2D eigenvalue weighted by atomic mass is 16.5. The Morgan fingerprint density at radius 1 is 0.732 bits per heavy atom. The van der Waals surface area contributed by atoms with Crippen molar-refractivity contribution in [2.45, 2.75) is 117 Å². The molecule has 2 aromatic rings. The van der Waals surface area contributed by atoms with E-state index in [1.807, 2.05) is 19.1 Å². The maximum absolute atomic E-state index is 12.5. The number of benzene rings is 2. The van der Waals surface area contributed by atoms with Gasteiger partial charge in [0.05, 0.1) is 39.8 Å². The van der Waals surface area contributed by atoms with Crippen LogP contribution in [0.5, 0.6) is 5.75 Å². The number of aryl methyl sites for hydroxylation is 1. The summed E-state index contributed by atoms with van der Waals surface area (Å²) >= 11 is 0. The van der Waals surface area contributed by atoms with Crippen LogP contribution >= 0.6 is 0 Å². The largest absolute Gasteiger partial charge is 0.493 e. The number of ether oxygens (including phenoxy) is 2. The van der Waals surface area contributed by atoms with Crippen molar-refractivity contribution in [3.8, 4) is 5.75 Å². The summed E-state index contributed by atoms with van der Waals surface area (Å²) < 4.78 is 12.5. The fourth-order valence-corrected chi connectivity index (χ4v) is 5.38. The number of hydrogen-bond donors (Lipinski definition) is 0. The highest BCUT2D eigenvalue weighted by Gasteiger charge is 2.21. The number of quaternary nitrogens is 1. The molecule has 1 unspecified atom stereocenters. The van der Waals surface area contributed by atoms with Crippen molar-refractivity contribution in [3.05, 3.63) is 65.7 Å². The molecule has 0 saturated heterocycles. The average molecular weight is 567 g/mol. The quantitative estimate of drug-likeness (QED) is 0.0721. The normalized spacial score (nSPS) is 12.3. The van der Waals surface area contributed by atoms with E-state index < -0.39 is 0 Å². The van der Waals surface area contributed by atoms with Crippen LogP contribution in [0.15, 0.2) is 54.6 Å². The van der Waals surface area contributed by atoms with E-state index in [1.54, 1.807) is 0 Å². The number of carbonyl (C=O) groups excluding carboxylic acids is 1. The molecular formula is C37H60NO3+. The first kappa shape index (κ1) is 34.9. The molecule has 0 fully saturated rings. The van der Waals surface area contributed by atoms with Crippen molar-refractivity contribution in [1.82, 2.24) is 0 Å². The minimum Gasteiger partial charge on any atom is -0.493 e. The third-order valence-electron chi connectivity index (χ3n) is 8.09. The zero-order chi connectivity index (χ0) is 29.6. The molecule has 1 atom stereocenters. The Morgan fingerprint density at radius 3 is 1.98 bits per heavy atom. The summed E-state index contributed by atoms with van der Waals surface area (Å²) in [6.07, 6.45) is 19.0. The smallest absolute Gasteiger partial charge is 0.308 e. The summed E-state index contributed by atoms with van der Waals surface area (Å²) in [5, 5.41) is 0. The molecule has 0 amide bonds. The van der Waals surface area contributed by atoms with Gasteiger partial charge >= 0.3 is 5.97 Å². The lowest BCUT2D eigenvalue weighted by Crippen LogP contribution is -2.40. The molecule has 0 aliphatic heterocycles. The molecule has 4 heteroatoms. The van der Waals surface area contributed by atoms with E-state index in [4.69, 9.17) is 9.47 Å². The second kappa shape index (κ2) is 21.4. The van der Waals surface area contributed by atoms with E-state index in [1.165, 1.54) is 88.2 Å². The zero-order valence-electron chi connectivity index (χ0n) is 26.9. The molecule has 230 valence electrons. The van der Waals surface area contributed by atoms with Gasteiger partial charge in [-0.25, -0.2) is 0 Å². The van der Waals surface area contributed by atoms with Crippen LogP contribution in [-0.4, -0.2) is 44.3 Å². The van der Waals surface area contributed by atoms with Crippen LogP contribution in [0.3, 0.4) is 0 Å². The van der Waals surface area contributed by atoms with Gasteiger partial charge in [-0.1, -0.05) is 133 Å². The molecule has 0 aliphatic rings. The van der Waals surface area contributed by atoms with Gasteiger partial charge in [0.25, 0.3) is 0 Å². The summed E-state index contributed by atoms with van der Waals surface area (Å²) in [5.41, 5.74) is 2.62. The first-order valence-corrected chi connectivity index (χ1v) is 16.6. The highest BCUT2D eigenvalue weighted by Crippen LogP contribution is 2.21. The standard InChI is InChI=1S/C37H60NO3/c1-5-6-7-8-9-10-11-12-13-14-15-19-25-35-26-20-21-27-36(35)40-30-22-31-41-37(39)33(2)28-29-38(3,4)32-34-23-17-16-18-24-34/h16-18,20-21,23-24,26-27,33H,5-15,19,22,25,28-32H2,1-4H3/q+1. The first-order chi connectivity index (χ1) is 19.9. The highest BCUT2D eigenvalue weighted by molar-refractivity contribution is 5.71. The van der Waals surface area contributed by atoms with Crippen molar-refractivity contribution in [2.24, 2.45) is 5.92 Å². The van der Waals surface area contributed by atoms with E-state index >= 15 is 0 Å². The Bertz CT molecular complexity index is 927. The van der Waals surface area contributed by atoms with Gasteiger partial charge in [-0.15, -0.1) is 0 Å². The van der Waals surface area contributed by atoms with Crippen molar-refractivity contribution in [3.63, 3.8) is 0 Å². The van der Waals surface area contributed by atoms with Crippen LogP contribution in [0, 0.1) is 5.92 Å². The van der Waals surface area contributed by atoms with Gasteiger partial charge in [-0.3, -0.25) is 4.79 Å². The second-order valence-electron chi connectivity index (χ2n) is 12.6. The van der Waals surface area contributed by atoms with Gasteiger partial charge in [-0.05, 0) is 24.5 Å². The number of para-hydroxylation sites is 1. The molecule has 0 heterocycles. The molecule has 41 heavy (non-hydrogen) atoms. The molecule has 4 nitrogen and oxygen atoms in total. The minimum absolute atomic E-state index is 0.0969. The number of rotatable bonds is 24. The van der Waals surface area contributed by atoms with Gasteiger partial charge in [0.15, 0.2) is 0 Å². The van der Waals surface area contributed by atoms with Crippen molar-refractivity contribution in [2.75, 3.05) is 33.9 Å². The minimum atomic E-state index is -0.0999. The second-order valence-corrected chi connectivity index (χ2v) is 12.6. The van der Waals surface area contributed by atoms with Crippen LogP contribution in [-0.2, 0) is 22.5 Å². The average Bonchev–Trinajstić information content (AvgIpc) is 2.97. The maximum Gasteiger partial charge on any atom is 0.308 e. The van der Waals surface area contributed by atoms with E-state index in [2.05, 4.69) is 63.5 Å². The lowest BCUT2D eigenvalue weighted by atomic mass is 10.0. The Kier molecular flexibility index (Phi) is 18.2. The Labute approximate surface area is 252 Å². The van der Waals surface area contributed by atoms with E-state index in [9.17, 15) is 4.79 Å². The molecule has 0 aromatic heterocycles.